The number of nitrogens with one attached hydrogen (secondary N) is 2. The van der Waals surface area contributed by atoms with Crippen molar-refractivity contribution in [3.63, 3.8) is 0 Å². The van der Waals surface area contributed by atoms with Gasteiger partial charge in [0, 0.05) is 17.9 Å². The molecule has 0 saturated carbocycles. The Hall–Kier alpha value is -2.88. The van der Waals surface area contributed by atoms with Gasteiger partial charge in [-0.3, -0.25) is 14.5 Å². The van der Waals surface area contributed by atoms with E-state index in [1.807, 2.05) is 0 Å². The zero-order chi connectivity index (χ0) is 21.0. The second kappa shape index (κ2) is 9.08. The van der Waals surface area contributed by atoms with Gasteiger partial charge in [0.15, 0.2) is 0 Å². The second-order valence-electron chi connectivity index (χ2n) is 7.00. The minimum absolute atomic E-state index is 0.141. The van der Waals surface area contributed by atoms with Crippen molar-refractivity contribution in [1.82, 2.24) is 14.7 Å². The molecule has 1 fully saturated rings. The molecular formula is C19H22F3N5O2. The summed E-state index contributed by atoms with van der Waals surface area (Å²) in [6.07, 6.45) is 5.07. The normalized spacial score (nSPS) is 17.3. The van der Waals surface area contributed by atoms with Gasteiger partial charge in [0.05, 0.1) is 24.0 Å². The first-order valence-electron chi connectivity index (χ1n) is 9.30. The summed E-state index contributed by atoms with van der Waals surface area (Å²) in [7, 11) is 0. The first-order valence-corrected chi connectivity index (χ1v) is 9.30. The van der Waals surface area contributed by atoms with Crippen molar-refractivity contribution >= 4 is 23.2 Å². The zero-order valence-electron chi connectivity index (χ0n) is 15.9. The Morgan fingerprint density at radius 3 is 2.76 bits per heavy atom. The largest absolute Gasteiger partial charge is 0.333 e. The molecule has 1 aliphatic heterocycles. The van der Waals surface area contributed by atoms with Crippen molar-refractivity contribution in [2.75, 3.05) is 23.7 Å². The first-order chi connectivity index (χ1) is 13.8. The topological polar surface area (TPSA) is 79.3 Å². The molecule has 156 valence electrons. The van der Waals surface area contributed by atoms with Crippen LogP contribution in [0.2, 0.25) is 0 Å². The standard InChI is InChI=1S/C19H22F3N5O2/c1-12-4-2-3-7-26(12)11-17(28)24-14-5-6-15(20)16(8-14)25-18(29)13-9-23-27(10-13)19(21)22/h5-6,8-10,12,19H,2-4,7,11H2,1H3,(H,24,28)(H,25,29). The van der Waals surface area contributed by atoms with Crippen LogP contribution in [-0.2, 0) is 4.79 Å². The Kier molecular flexibility index (Phi) is 6.53. The van der Waals surface area contributed by atoms with Crippen LogP contribution in [0, 0.1) is 5.82 Å². The maximum atomic E-state index is 14.1. The molecule has 0 spiro atoms. The Balaban J connectivity index is 1.64. The second-order valence-corrected chi connectivity index (χ2v) is 7.00. The number of carbonyl (C=O) groups is 2. The number of halogens is 3. The first kappa shape index (κ1) is 20.8. The summed E-state index contributed by atoms with van der Waals surface area (Å²) in [6.45, 7) is 0.279. The summed E-state index contributed by atoms with van der Waals surface area (Å²) < 4.78 is 39.5. The quantitative estimate of drug-likeness (QED) is 0.766. The Bertz CT molecular complexity index is 886. The van der Waals surface area contributed by atoms with Crippen molar-refractivity contribution in [2.45, 2.75) is 38.8 Å². The van der Waals surface area contributed by atoms with Gasteiger partial charge in [-0.15, -0.1) is 0 Å². The van der Waals surface area contributed by atoms with Crippen LogP contribution < -0.4 is 10.6 Å². The molecule has 1 unspecified atom stereocenters. The molecule has 1 aromatic heterocycles. The number of rotatable bonds is 6. The number of piperidine rings is 1. The van der Waals surface area contributed by atoms with Gasteiger partial charge in [-0.2, -0.15) is 13.9 Å². The molecule has 0 radical (unpaired) electrons. The summed E-state index contributed by atoms with van der Waals surface area (Å²) >= 11 is 0. The highest BCUT2D eigenvalue weighted by atomic mass is 19.3. The summed E-state index contributed by atoms with van der Waals surface area (Å²) in [5.41, 5.74) is 0.00167. The molecule has 2 N–H and O–H groups in total. The smallest absolute Gasteiger partial charge is 0.325 e. The Morgan fingerprint density at radius 1 is 1.28 bits per heavy atom. The van der Waals surface area contributed by atoms with Crippen molar-refractivity contribution < 1.29 is 22.8 Å². The van der Waals surface area contributed by atoms with E-state index in [-0.39, 0.29) is 23.7 Å². The maximum Gasteiger partial charge on any atom is 0.333 e. The molecular weight excluding hydrogens is 387 g/mol. The Morgan fingerprint density at radius 2 is 2.07 bits per heavy atom. The van der Waals surface area contributed by atoms with Crippen molar-refractivity contribution in [1.29, 1.82) is 0 Å². The molecule has 3 rings (SSSR count). The molecule has 1 saturated heterocycles. The van der Waals surface area contributed by atoms with Crippen LogP contribution in [0.5, 0.6) is 0 Å². The van der Waals surface area contributed by atoms with Gasteiger partial charge in [0.1, 0.15) is 5.82 Å². The third-order valence-electron chi connectivity index (χ3n) is 4.85. The molecule has 7 nitrogen and oxygen atoms in total. The van der Waals surface area contributed by atoms with E-state index in [9.17, 15) is 22.8 Å². The number of aromatic nitrogens is 2. The molecule has 1 atom stereocenters. The fourth-order valence-corrected chi connectivity index (χ4v) is 3.23. The van der Waals surface area contributed by atoms with Crippen molar-refractivity contribution in [3.8, 4) is 0 Å². The number of nitrogens with zero attached hydrogens (tertiary/aromatic N) is 3. The number of alkyl halides is 2. The molecule has 0 bridgehead atoms. The SMILES string of the molecule is CC1CCCCN1CC(=O)Nc1ccc(F)c(NC(=O)c2cnn(C(F)F)c2)c1. The lowest BCUT2D eigenvalue weighted by Gasteiger charge is -2.32. The van der Waals surface area contributed by atoms with E-state index in [0.717, 1.165) is 44.3 Å². The fourth-order valence-electron chi connectivity index (χ4n) is 3.23. The third-order valence-corrected chi connectivity index (χ3v) is 4.85. The molecule has 29 heavy (non-hydrogen) atoms. The van der Waals surface area contributed by atoms with Crippen LogP contribution in [0.15, 0.2) is 30.6 Å². The summed E-state index contributed by atoms with van der Waals surface area (Å²) in [4.78, 5) is 26.6. The van der Waals surface area contributed by atoms with Crippen molar-refractivity contribution in [3.05, 3.63) is 42.0 Å². The lowest BCUT2D eigenvalue weighted by Crippen LogP contribution is -2.42. The Labute approximate surface area is 165 Å². The highest BCUT2D eigenvalue weighted by Gasteiger charge is 2.21. The van der Waals surface area contributed by atoms with E-state index in [2.05, 4.69) is 27.6 Å². The fraction of sp³-hybridized carbons (Fsp3) is 0.421. The number of carbonyl (C=O) groups excluding carboxylic acids is 2. The van der Waals surface area contributed by atoms with Gasteiger partial charge in [-0.25, -0.2) is 9.07 Å². The van der Waals surface area contributed by atoms with E-state index < -0.39 is 18.3 Å². The highest BCUT2D eigenvalue weighted by Crippen LogP contribution is 2.21. The van der Waals surface area contributed by atoms with E-state index in [0.29, 0.717) is 16.4 Å². The van der Waals surface area contributed by atoms with Gasteiger partial charge in [0.2, 0.25) is 5.91 Å². The van der Waals surface area contributed by atoms with Gasteiger partial charge in [0.25, 0.3) is 5.91 Å². The number of benzene rings is 1. The predicted octanol–water partition coefficient (Wildman–Crippen LogP) is 3.48. The van der Waals surface area contributed by atoms with Crippen LogP contribution in [-0.4, -0.2) is 45.6 Å². The van der Waals surface area contributed by atoms with Crippen LogP contribution in [0.25, 0.3) is 0 Å². The number of anilines is 2. The van der Waals surface area contributed by atoms with Gasteiger partial charge in [-0.05, 0) is 44.5 Å². The molecule has 2 aromatic rings. The zero-order valence-corrected chi connectivity index (χ0v) is 15.9. The van der Waals surface area contributed by atoms with Crippen LogP contribution in [0.3, 0.4) is 0 Å². The molecule has 0 aliphatic carbocycles. The van der Waals surface area contributed by atoms with Crippen LogP contribution in [0.4, 0.5) is 24.5 Å². The van der Waals surface area contributed by atoms with Gasteiger partial charge >= 0.3 is 6.55 Å². The third kappa shape index (κ3) is 5.35. The lowest BCUT2D eigenvalue weighted by molar-refractivity contribution is -0.118. The predicted molar refractivity (Wildman–Crippen MR) is 101 cm³/mol. The monoisotopic (exact) mass is 409 g/mol. The van der Waals surface area contributed by atoms with E-state index in [1.54, 1.807) is 0 Å². The molecule has 1 aromatic carbocycles. The number of amides is 2. The van der Waals surface area contributed by atoms with Crippen molar-refractivity contribution in [2.24, 2.45) is 0 Å². The summed E-state index contributed by atoms with van der Waals surface area (Å²) in [6, 6.07) is 4.10. The van der Waals surface area contributed by atoms with Crippen LogP contribution >= 0.6 is 0 Å². The van der Waals surface area contributed by atoms with Gasteiger partial charge < -0.3 is 10.6 Å². The highest BCUT2D eigenvalue weighted by molar-refractivity contribution is 6.04. The number of hydrogen-bond donors (Lipinski definition) is 2. The average Bonchev–Trinajstić information content (AvgIpc) is 3.17. The minimum atomic E-state index is -2.88. The number of hydrogen-bond acceptors (Lipinski definition) is 4. The van der Waals surface area contributed by atoms with E-state index >= 15 is 0 Å². The molecule has 10 heteroatoms. The summed E-state index contributed by atoms with van der Waals surface area (Å²) in [5, 5.41) is 8.37. The molecule has 1 aliphatic rings. The van der Waals surface area contributed by atoms with E-state index in [4.69, 9.17) is 0 Å². The van der Waals surface area contributed by atoms with Gasteiger partial charge in [-0.1, -0.05) is 6.42 Å². The average molecular weight is 409 g/mol. The maximum absolute atomic E-state index is 14.1. The summed E-state index contributed by atoms with van der Waals surface area (Å²) in [5.74, 6) is -1.75. The molecule has 2 amide bonds. The van der Waals surface area contributed by atoms with Crippen LogP contribution in [0.1, 0.15) is 43.1 Å². The number of likely N-dealkylation sites (tertiary alicyclic amines) is 1. The minimum Gasteiger partial charge on any atom is -0.325 e. The molecule has 2 heterocycles. The van der Waals surface area contributed by atoms with E-state index in [1.165, 1.54) is 12.1 Å². The lowest BCUT2D eigenvalue weighted by atomic mass is 10.0.